The summed E-state index contributed by atoms with van der Waals surface area (Å²) in [6.07, 6.45) is -0.391. The molecule has 0 saturated heterocycles. The first kappa shape index (κ1) is 15.1. The van der Waals surface area contributed by atoms with Crippen LogP contribution in [0.2, 0.25) is 0 Å². The van der Waals surface area contributed by atoms with E-state index in [1.165, 1.54) is 0 Å². The van der Waals surface area contributed by atoms with E-state index < -0.39 is 6.10 Å². The molecule has 0 saturated carbocycles. The molecular weight excluding hydrogens is 230 g/mol. The third-order valence-corrected chi connectivity index (χ3v) is 2.55. The number of nitrogens with two attached hydrogens (primary N) is 1. The molecule has 0 radical (unpaired) electrons. The van der Waals surface area contributed by atoms with Crippen LogP contribution in [0.1, 0.15) is 31.1 Å². The quantitative estimate of drug-likeness (QED) is 0.691. The summed E-state index contributed by atoms with van der Waals surface area (Å²) in [6, 6.07) is 7.59. The molecule has 3 N–H and O–H groups in total. The minimum atomic E-state index is -0.601. The number of aliphatic hydroxyl groups excluding tert-OH is 1. The highest BCUT2D eigenvalue weighted by atomic mass is 16.5. The molecule has 0 heterocycles. The summed E-state index contributed by atoms with van der Waals surface area (Å²) in [4.78, 5) is 0. The molecule has 0 bridgehead atoms. The van der Waals surface area contributed by atoms with Gasteiger partial charge in [-0.25, -0.2) is 0 Å². The van der Waals surface area contributed by atoms with E-state index in [1.54, 1.807) is 0 Å². The van der Waals surface area contributed by atoms with Gasteiger partial charge >= 0.3 is 0 Å². The highest BCUT2D eigenvalue weighted by Gasteiger charge is 2.07. The molecule has 4 heteroatoms. The zero-order valence-corrected chi connectivity index (χ0v) is 11.1. The summed E-state index contributed by atoms with van der Waals surface area (Å²) in [6.45, 7) is 5.80. The molecule has 4 nitrogen and oxygen atoms in total. The Balaban J connectivity index is 2.25. The summed E-state index contributed by atoms with van der Waals surface area (Å²) in [5.74, 6) is 0. The molecule has 102 valence electrons. The maximum Gasteiger partial charge on any atom is 0.102 e. The number of hydrogen-bond donors (Lipinski definition) is 2. The molecule has 0 spiro atoms. The first-order valence-electron chi connectivity index (χ1n) is 6.29. The van der Waals surface area contributed by atoms with Gasteiger partial charge in [0, 0.05) is 6.54 Å². The van der Waals surface area contributed by atoms with Crippen molar-refractivity contribution in [2.75, 3.05) is 19.8 Å². The predicted octanol–water partition coefficient (Wildman–Crippen LogP) is 1.62. The zero-order valence-electron chi connectivity index (χ0n) is 11.1. The molecular formula is C14H23NO3. The van der Waals surface area contributed by atoms with Gasteiger partial charge in [-0.05, 0) is 25.0 Å². The standard InChI is InChI=1S/C14H23NO3/c1-11(2)18-8-7-17-10-14(16)13-5-3-12(9-15)4-6-13/h3-6,11,14,16H,7-10,15H2,1-2H3. The van der Waals surface area contributed by atoms with E-state index in [2.05, 4.69) is 0 Å². The van der Waals surface area contributed by atoms with Crippen molar-refractivity contribution in [1.82, 2.24) is 0 Å². The summed E-state index contributed by atoms with van der Waals surface area (Å²) < 4.78 is 10.7. The number of hydrogen-bond acceptors (Lipinski definition) is 4. The van der Waals surface area contributed by atoms with E-state index in [-0.39, 0.29) is 12.7 Å². The molecule has 0 aliphatic heterocycles. The number of aliphatic hydroxyl groups is 1. The van der Waals surface area contributed by atoms with E-state index in [0.29, 0.717) is 19.8 Å². The zero-order chi connectivity index (χ0) is 13.4. The second-order valence-corrected chi connectivity index (χ2v) is 4.46. The van der Waals surface area contributed by atoms with Crippen molar-refractivity contribution in [3.05, 3.63) is 35.4 Å². The Bertz CT molecular complexity index is 324. The Morgan fingerprint density at radius 3 is 2.39 bits per heavy atom. The van der Waals surface area contributed by atoms with Crippen LogP contribution in [-0.2, 0) is 16.0 Å². The Labute approximate surface area is 109 Å². The van der Waals surface area contributed by atoms with Crippen molar-refractivity contribution in [1.29, 1.82) is 0 Å². The van der Waals surface area contributed by atoms with Crippen molar-refractivity contribution < 1.29 is 14.6 Å². The smallest absolute Gasteiger partial charge is 0.102 e. The maximum absolute atomic E-state index is 9.90. The van der Waals surface area contributed by atoms with Crippen LogP contribution in [0.3, 0.4) is 0 Å². The predicted molar refractivity (Wildman–Crippen MR) is 71.2 cm³/mol. The van der Waals surface area contributed by atoms with Crippen LogP contribution in [-0.4, -0.2) is 31.0 Å². The van der Waals surface area contributed by atoms with Crippen LogP contribution in [0, 0.1) is 0 Å². The second-order valence-electron chi connectivity index (χ2n) is 4.46. The average molecular weight is 253 g/mol. The van der Waals surface area contributed by atoms with Gasteiger partial charge in [0.05, 0.1) is 25.9 Å². The van der Waals surface area contributed by atoms with Crippen molar-refractivity contribution in [3.8, 4) is 0 Å². The van der Waals surface area contributed by atoms with Gasteiger partial charge in [0.15, 0.2) is 0 Å². The van der Waals surface area contributed by atoms with Crippen LogP contribution in [0.4, 0.5) is 0 Å². The van der Waals surface area contributed by atoms with Crippen LogP contribution >= 0.6 is 0 Å². The largest absolute Gasteiger partial charge is 0.386 e. The second kappa shape index (κ2) is 8.21. The Morgan fingerprint density at radius 1 is 1.17 bits per heavy atom. The summed E-state index contributed by atoms with van der Waals surface area (Å²) in [7, 11) is 0. The topological polar surface area (TPSA) is 64.7 Å². The van der Waals surface area contributed by atoms with E-state index in [9.17, 15) is 5.11 Å². The number of rotatable bonds is 8. The van der Waals surface area contributed by atoms with Crippen molar-refractivity contribution >= 4 is 0 Å². The maximum atomic E-state index is 9.90. The van der Waals surface area contributed by atoms with Gasteiger partial charge < -0.3 is 20.3 Å². The van der Waals surface area contributed by atoms with Gasteiger partial charge in [-0.3, -0.25) is 0 Å². The normalized spacial score (nSPS) is 12.9. The molecule has 0 aliphatic rings. The van der Waals surface area contributed by atoms with E-state index >= 15 is 0 Å². The van der Waals surface area contributed by atoms with Crippen LogP contribution < -0.4 is 5.73 Å². The summed E-state index contributed by atoms with van der Waals surface area (Å²) in [5, 5.41) is 9.90. The Kier molecular flexibility index (Phi) is 6.90. The van der Waals surface area contributed by atoms with Gasteiger partial charge in [-0.15, -0.1) is 0 Å². The highest BCUT2D eigenvalue weighted by Crippen LogP contribution is 2.14. The molecule has 0 amide bonds. The average Bonchev–Trinajstić information content (AvgIpc) is 2.38. The third-order valence-electron chi connectivity index (χ3n) is 2.55. The lowest BCUT2D eigenvalue weighted by atomic mass is 10.1. The van der Waals surface area contributed by atoms with Gasteiger partial charge in [-0.1, -0.05) is 24.3 Å². The molecule has 1 unspecified atom stereocenters. The lowest BCUT2D eigenvalue weighted by molar-refractivity contribution is -0.0110. The number of ether oxygens (including phenoxy) is 2. The summed E-state index contributed by atoms with van der Waals surface area (Å²) >= 11 is 0. The first-order valence-corrected chi connectivity index (χ1v) is 6.29. The lowest BCUT2D eigenvalue weighted by Gasteiger charge is -2.13. The fraction of sp³-hybridized carbons (Fsp3) is 0.571. The van der Waals surface area contributed by atoms with Gasteiger partial charge in [0.2, 0.25) is 0 Å². The molecule has 0 aliphatic carbocycles. The van der Waals surface area contributed by atoms with Crippen LogP contribution in [0.25, 0.3) is 0 Å². The molecule has 18 heavy (non-hydrogen) atoms. The minimum absolute atomic E-state index is 0.210. The SMILES string of the molecule is CC(C)OCCOCC(O)c1ccc(CN)cc1. The van der Waals surface area contributed by atoms with E-state index in [1.807, 2.05) is 38.1 Å². The van der Waals surface area contributed by atoms with Gasteiger partial charge in [0.25, 0.3) is 0 Å². The van der Waals surface area contributed by atoms with E-state index in [0.717, 1.165) is 11.1 Å². The third kappa shape index (κ3) is 5.60. The fourth-order valence-corrected chi connectivity index (χ4v) is 1.51. The van der Waals surface area contributed by atoms with Crippen LogP contribution in [0.15, 0.2) is 24.3 Å². The minimum Gasteiger partial charge on any atom is -0.386 e. The first-order chi connectivity index (χ1) is 8.63. The highest BCUT2D eigenvalue weighted by molar-refractivity contribution is 5.23. The number of benzene rings is 1. The Morgan fingerprint density at radius 2 is 1.83 bits per heavy atom. The van der Waals surface area contributed by atoms with Crippen molar-refractivity contribution in [2.45, 2.75) is 32.6 Å². The van der Waals surface area contributed by atoms with Gasteiger partial charge in [0.1, 0.15) is 6.10 Å². The van der Waals surface area contributed by atoms with Crippen molar-refractivity contribution in [3.63, 3.8) is 0 Å². The Hall–Kier alpha value is -0.940. The van der Waals surface area contributed by atoms with Gasteiger partial charge in [-0.2, -0.15) is 0 Å². The fourth-order valence-electron chi connectivity index (χ4n) is 1.51. The molecule has 1 aromatic rings. The molecule has 1 rings (SSSR count). The van der Waals surface area contributed by atoms with Crippen molar-refractivity contribution in [2.24, 2.45) is 5.73 Å². The van der Waals surface area contributed by atoms with Crippen LogP contribution in [0.5, 0.6) is 0 Å². The molecule has 0 fully saturated rings. The lowest BCUT2D eigenvalue weighted by Crippen LogP contribution is -2.13. The monoisotopic (exact) mass is 253 g/mol. The molecule has 0 aromatic heterocycles. The van der Waals surface area contributed by atoms with E-state index in [4.69, 9.17) is 15.2 Å². The molecule has 1 atom stereocenters. The molecule has 1 aromatic carbocycles. The summed E-state index contributed by atoms with van der Waals surface area (Å²) in [5.41, 5.74) is 7.41.